The third kappa shape index (κ3) is 8.18. The molecule has 4 nitrogen and oxygen atoms in total. The molecule has 0 aromatic carbocycles. The Kier molecular flexibility index (Phi) is 12.2. The summed E-state index contributed by atoms with van der Waals surface area (Å²) in [6.45, 7) is 17.5. The summed E-state index contributed by atoms with van der Waals surface area (Å²) in [5, 5.41) is 7.94. The highest BCUT2D eigenvalue weighted by Crippen LogP contribution is 2.26. The fourth-order valence-electron chi connectivity index (χ4n) is 4.06. The van der Waals surface area contributed by atoms with Crippen molar-refractivity contribution in [1.82, 2.24) is 15.5 Å². The van der Waals surface area contributed by atoms with E-state index in [1.807, 2.05) is 19.2 Å². The summed E-state index contributed by atoms with van der Waals surface area (Å²) >= 11 is 6.74. The highest BCUT2D eigenvalue weighted by atomic mass is 35.5. The van der Waals surface area contributed by atoms with Crippen LogP contribution >= 0.6 is 11.6 Å². The minimum Gasteiger partial charge on any atom is -0.379 e. The van der Waals surface area contributed by atoms with Crippen LogP contribution in [-0.4, -0.2) is 43.3 Å². The van der Waals surface area contributed by atoms with E-state index in [-0.39, 0.29) is 0 Å². The van der Waals surface area contributed by atoms with E-state index in [1.165, 1.54) is 16.8 Å². The lowest BCUT2D eigenvalue weighted by atomic mass is 9.98. The Labute approximate surface area is 212 Å². The zero-order valence-corrected chi connectivity index (χ0v) is 22.7. The van der Waals surface area contributed by atoms with Gasteiger partial charge >= 0.3 is 0 Å². The van der Waals surface area contributed by atoms with Crippen molar-refractivity contribution >= 4 is 17.3 Å². The van der Waals surface area contributed by atoms with Crippen molar-refractivity contribution in [3.63, 3.8) is 0 Å². The van der Waals surface area contributed by atoms with Crippen LogP contribution in [-0.2, 0) is 0 Å². The Morgan fingerprint density at radius 2 is 1.91 bits per heavy atom. The van der Waals surface area contributed by atoms with E-state index in [0.717, 1.165) is 73.0 Å². The molecule has 0 aromatic rings. The fourth-order valence-corrected chi connectivity index (χ4v) is 4.30. The third-order valence-corrected chi connectivity index (χ3v) is 6.40. The first-order chi connectivity index (χ1) is 16.4. The molecule has 2 aliphatic rings. The summed E-state index contributed by atoms with van der Waals surface area (Å²) in [7, 11) is 0. The maximum Gasteiger partial charge on any atom is 0.0703 e. The standard InChI is InChI=1S/C29H43ClN4/c1-7-11-12-24-19-26(30)25(20-28(24)32-13-8-2)21-33-27(10-4)29(23(6)18-22(5)9-3)34-16-14-31-15-17-34/h8,10,12-13,18-20,31,33H,7,9,11,14-17,21H2,1-6H3/b13-8-,22-18+,24-12+,27-10+,29-23+,32-28+. The number of unbranched alkanes of at least 4 members (excludes halogenated alkanes) is 1. The predicted molar refractivity (Wildman–Crippen MR) is 150 cm³/mol. The molecular weight excluding hydrogens is 440 g/mol. The van der Waals surface area contributed by atoms with Crippen molar-refractivity contribution in [2.24, 2.45) is 4.99 Å². The van der Waals surface area contributed by atoms with Crippen molar-refractivity contribution in [1.29, 1.82) is 0 Å². The molecule has 5 heteroatoms. The molecule has 2 N–H and O–H groups in total. The molecule has 1 heterocycles. The van der Waals surface area contributed by atoms with Gasteiger partial charge in [-0.25, -0.2) is 0 Å². The van der Waals surface area contributed by atoms with E-state index in [9.17, 15) is 0 Å². The second kappa shape index (κ2) is 14.9. The van der Waals surface area contributed by atoms with Crippen molar-refractivity contribution in [3.8, 4) is 0 Å². The number of nitrogens with zero attached hydrogens (tertiary/aromatic N) is 2. The van der Waals surface area contributed by atoms with Gasteiger partial charge in [0.2, 0.25) is 0 Å². The molecule has 0 amide bonds. The average Bonchev–Trinajstić information content (AvgIpc) is 2.85. The summed E-state index contributed by atoms with van der Waals surface area (Å²) in [6.07, 6.45) is 17.9. The number of hydrogen-bond acceptors (Lipinski definition) is 4. The first kappa shape index (κ1) is 27.9. The third-order valence-electron chi connectivity index (χ3n) is 6.05. The molecule has 0 unspecified atom stereocenters. The second-order valence-corrected chi connectivity index (χ2v) is 9.18. The smallest absolute Gasteiger partial charge is 0.0703 e. The highest BCUT2D eigenvalue weighted by Gasteiger charge is 2.20. The molecular formula is C29H43ClN4. The van der Waals surface area contributed by atoms with E-state index in [2.05, 4.69) is 85.5 Å². The van der Waals surface area contributed by atoms with E-state index in [4.69, 9.17) is 11.6 Å². The van der Waals surface area contributed by atoms with Crippen LogP contribution in [0.15, 0.2) is 86.4 Å². The normalized spacial score (nSPS) is 21.2. The van der Waals surface area contributed by atoms with Gasteiger partial charge in [-0.1, -0.05) is 61.7 Å². The molecule has 0 aromatic heterocycles. The maximum absolute atomic E-state index is 6.74. The lowest BCUT2D eigenvalue weighted by Crippen LogP contribution is -2.44. The van der Waals surface area contributed by atoms with Crippen molar-refractivity contribution in [2.45, 2.75) is 60.8 Å². The molecule has 1 aliphatic carbocycles. The van der Waals surface area contributed by atoms with Crippen LogP contribution in [0.3, 0.4) is 0 Å². The summed E-state index contributed by atoms with van der Waals surface area (Å²) in [6, 6.07) is 0. The molecule has 34 heavy (non-hydrogen) atoms. The van der Waals surface area contributed by atoms with Gasteiger partial charge in [-0.3, -0.25) is 4.99 Å². The summed E-state index contributed by atoms with van der Waals surface area (Å²) < 4.78 is 0. The van der Waals surface area contributed by atoms with Crippen LogP contribution in [0.4, 0.5) is 0 Å². The van der Waals surface area contributed by atoms with Gasteiger partial charge < -0.3 is 15.5 Å². The predicted octanol–water partition coefficient (Wildman–Crippen LogP) is 6.78. The van der Waals surface area contributed by atoms with Crippen LogP contribution in [0.25, 0.3) is 0 Å². The van der Waals surface area contributed by atoms with E-state index >= 15 is 0 Å². The monoisotopic (exact) mass is 482 g/mol. The first-order valence-electron chi connectivity index (χ1n) is 12.7. The number of halogens is 1. The molecule has 0 spiro atoms. The lowest BCUT2D eigenvalue weighted by Gasteiger charge is -2.34. The molecule has 1 saturated heterocycles. The Balaban J connectivity index is 2.34. The van der Waals surface area contributed by atoms with Gasteiger partial charge in [0.05, 0.1) is 17.1 Å². The van der Waals surface area contributed by atoms with Crippen LogP contribution in [0, 0.1) is 0 Å². The van der Waals surface area contributed by atoms with E-state index in [1.54, 1.807) is 0 Å². The van der Waals surface area contributed by atoms with Gasteiger partial charge in [-0.15, -0.1) is 0 Å². The molecule has 0 bridgehead atoms. The topological polar surface area (TPSA) is 39.7 Å². The summed E-state index contributed by atoms with van der Waals surface area (Å²) in [5.41, 5.74) is 8.21. The van der Waals surface area contributed by atoms with Crippen molar-refractivity contribution in [2.75, 3.05) is 32.7 Å². The van der Waals surface area contributed by atoms with Gasteiger partial charge in [0.15, 0.2) is 0 Å². The van der Waals surface area contributed by atoms with Gasteiger partial charge in [-0.2, -0.15) is 0 Å². The number of rotatable bonds is 10. The van der Waals surface area contributed by atoms with Gasteiger partial charge in [0.25, 0.3) is 0 Å². The molecule has 0 atom stereocenters. The molecule has 0 radical (unpaired) electrons. The Morgan fingerprint density at radius 3 is 2.53 bits per heavy atom. The Hall–Kier alpha value is -2.30. The fraction of sp³-hybridized carbons (Fsp3) is 0.483. The van der Waals surface area contributed by atoms with Crippen LogP contribution in [0.2, 0.25) is 0 Å². The minimum atomic E-state index is 0.643. The molecule has 2 rings (SSSR count). The number of hydrogen-bond donors (Lipinski definition) is 2. The van der Waals surface area contributed by atoms with Crippen LogP contribution in [0.1, 0.15) is 60.8 Å². The van der Waals surface area contributed by atoms with Gasteiger partial charge in [-0.05, 0) is 69.4 Å². The molecule has 0 saturated carbocycles. The van der Waals surface area contributed by atoms with Crippen LogP contribution in [0.5, 0.6) is 0 Å². The lowest BCUT2D eigenvalue weighted by molar-refractivity contribution is 0.299. The van der Waals surface area contributed by atoms with E-state index < -0.39 is 0 Å². The molecule has 1 aliphatic heterocycles. The van der Waals surface area contributed by atoms with E-state index in [0.29, 0.717) is 6.54 Å². The quantitative estimate of drug-likeness (QED) is 0.337. The first-order valence-corrected chi connectivity index (χ1v) is 13.0. The number of piperazine rings is 1. The number of aliphatic imine (C=N–C) groups is 1. The Morgan fingerprint density at radius 1 is 1.18 bits per heavy atom. The molecule has 186 valence electrons. The minimum absolute atomic E-state index is 0.643. The van der Waals surface area contributed by atoms with Crippen molar-refractivity contribution < 1.29 is 0 Å². The largest absolute Gasteiger partial charge is 0.379 e. The second-order valence-electron chi connectivity index (χ2n) is 8.78. The SMILES string of the molecule is C\C=C/N=C1\C=C(CNC(=C/C)/C(=C(C)\C=C(/C)CC)N2CCNCC2)C(Cl)=C\C1=C/CCC. The van der Waals surface area contributed by atoms with Crippen molar-refractivity contribution in [3.05, 3.63) is 81.4 Å². The molecule has 1 fully saturated rings. The zero-order chi connectivity index (χ0) is 24.9. The highest BCUT2D eigenvalue weighted by molar-refractivity contribution is 6.34. The maximum atomic E-state index is 6.74. The summed E-state index contributed by atoms with van der Waals surface area (Å²) in [5.74, 6) is 0. The summed E-state index contributed by atoms with van der Waals surface area (Å²) in [4.78, 5) is 7.15. The van der Waals surface area contributed by atoms with Crippen LogP contribution < -0.4 is 10.6 Å². The number of allylic oxidation sites excluding steroid dienone is 9. The number of nitrogens with one attached hydrogen (secondary N) is 2. The van der Waals surface area contributed by atoms with Gasteiger partial charge in [0, 0.05) is 44.0 Å². The van der Waals surface area contributed by atoms with Gasteiger partial charge in [0.1, 0.15) is 0 Å². The zero-order valence-electron chi connectivity index (χ0n) is 22.0. The average molecular weight is 483 g/mol. The Bertz CT molecular complexity index is 935.